The Morgan fingerprint density at radius 1 is 1.54 bits per heavy atom. The largest absolute Gasteiger partial charge is 0.476 e. The van der Waals surface area contributed by atoms with Crippen LogP contribution >= 0.6 is 11.6 Å². The summed E-state index contributed by atoms with van der Waals surface area (Å²) >= 11 is 5.79. The number of rotatable bonds is 2. The van der Waals surface area contributed by atoms with E-state index in [2.05, 4.69) is 9.97 Å². The zero-order valence-electron chi connectivity index (χ0n) is 6.70. The maximum Gasteiger partial charge on any atom is 0.354 e. The Bertz CT molecular complexity index is 363. The van der Waals surface area contributed by atoms with Gasteiger partial charge in [-0.05, 0) is 18.8 Å². The number of hydrogen-bond donors (Lipinski definition) is 1. The van der Waals surface area contributed by atoms with Gasteiger partial charge in [0.1, 0.15) is 11.5 Å². The Kier molecular flexibility index (Phi) is 1.92. The smallest absolute Gasteiger partial charge is 0.354 e. The minimum Gasteiger partial charge on any atom is -0.476 e. The second-order valence-corrected chi connectivity index (χ2v) is 3.36. The number of hydrogen-bond acceptors (Lipinski definition) is 3. The Labute approximate surface area is 79.6 Å². The molecule has 1 aromatic rings. The summed E-state index contributed by atoms with van der Waals surface area (Å²) in [6, 6.07) is 0. The average Bonchev–Trinajstić information content (AvgIpc) is 2.86. The van der Waals surface area contributed by atoms with Crippen LogP contribution in [0.3, 0.4) is 0 Å². The summed E-state index contributed by atoms with van der Waals surface area (Å²) in [5.41, 5.74) is 0.638. The maximum atomic E-state index is 10.8. The molecule has 1 fully saturated rings. The number of halogens is 1. The topological polar surface area (TPSA) is 63.1 Å². The summed E-state index contributed by atoms with van der Waals surface area (Å²) in [5.74, 6) is -0.786. The van der Waals surface area contributed by atoms with Crippen LogP contribution < -0.4 is 0 Å². The van der Waals surface area contributed by atoms with E-state index in [1.165, 1.54) is 6.33 Å². The van der Waals surface area contributed by atoms with Crippen molar-refractivity contribution in [2.24, 2.45) is 0 Å². The molecule has 0 unspecified atom stereocenters. The molecule has 4 nitrogen and oxygen atoms in total. The van der Waals surface area contributed by atoms with Crippen LogP contribution in [0, 0.1) is 0 Å². The van der Waals surface area contributed by atoms with E-state index >= 15 is 0 Å². The van der Waals surface area contributed by atoms with Crippen LogP contribution in [0.1, 0.15) is 34.8 Å². The van der Waals surface area contributed by atoms with Crippen LogP contribution in [0.2, 0.25) is 5.15 Å². The summed E-state index contributed by atoms with van der Waals surface area (Å²) in [4.78, 5) is 18.2. The maximum absolute atomic E-state index is 10.8. The molecule has 1 heterocycles. The number of carbonyl (C=O) groups is 1. The molecule has 5 heteroatoms. The molecule has 0 bridgehead atoms. The molecule has 2 rings (SSSR count). The van der Waals surface area contributed by atoms with Crippen molar-refractivity contribution in [2.75, 3.05) is 0 Å². The fourth-order valence-electron chi connectivity index (χ4n) is 1.28. The molecular weight excluding hydrogens is 192 g/mol. The molecule has 0 spiro atoms. The Morgan fingerprint density at radius 3 is 2.77 bits per heavy atom. The lowest BCUT2D eigenvalue weighted by atomic mass is 10.1. The third-order valence-corrected chi connectivity index (χ3v) is 2.32. The van der Waals surface area contributed by atoms with E-state index in [0.717, 1.165) is 12.8 Å². The molecule has 68 valence electrons. The molecule has 0 aliphatic heterocycles. The van der Waals surface area contributed by atoms with Crippen LogP contribution in [0.15, 0.2) is 6.33 Å². The Balaban J connectivity index is 2.53. The van der Waals surface area contributed by atoms with Crippen LogP contribution in [-0.2, 0) is 0 Å². The summed E-state index contributed by atoms with van der Waals surface area (Å²) in [6.07, 6.45) is 3.14. The Hall–Kier alpha value is -1.16. The van der Waals surface area contributed by atoms with Crippen molar-refractivity contribution in [1.82, 2.24) is 9.97 Å². The lowest BCUT2D eigenvalue weighted by molar-refractivity contribution is 0.0689. The van der Waals surface area contributed by atoms with Gasteiger partial charge in [-0.15, -0.1) is 0 Å². The van der Waals surface area contributed by atoms with Gasteiger partial charge < -0.3 is 5.11 Å². The molecule has 13 heavy (non-hydrogen) atoms. The first-order valence-corrected chi connectivity index (χ1v) is 4.31. The number of aromatic nitrogens is 2. The SMILES string of the molecule is O=C(O)c1ncnc(Cl)c1C1CC1. The normalized spacial score (nSPS) is 15.8. The van der Waals surface area contributed by atoms with Crippen LogP contribution in [0.4, 0.5) is 0 Å². The first-order valence-electron chi connectivity index (χ1n) is 3.94. The highest BCUT2D eigenvalue weighted by Gasteiger charge is 2.31. The molecule has 0 amide bonds. The van der Waals surface area contributed by atoms with Gasteiger partial charge in [0.2, 0.25) is 0 Å². The second-order valence-electron chi connectivity index (χ2n) is 3.01. The first kappa shape index (κ1) is 8.44. The summed E-state index contributed by atoms with van der Waals surface area (Å²) in [7, 11) is 0. The minimum atomic E-state index is -1.04. The van der Waals surface area contributed by atoms with E-state index in [4.69, 9.17) is 16.7 Å². The fourth-order valence-corrected chi connectivity index (χ4v) is 1.57. The zero-order valence-corrected chi connectivity index (χ0v) is 7.45. The highest BCUT2D eigenvalue weighted by atomic mass is 35.5. The van der Waals surface area contributed by atoms with Crippen molar-refractivity contribution in [2.45, 2.75) is 18.8 Å². The molecule has 1 N–H and O–H groups in total. The van der Waals surface area contributed by atoms with Gasteiger partial charge in [-0.25, -0.2) is 14.8 Å². The van der Waals surface area contributed by atoms with Crippen molar-refractivity contribution in [3.8, 4) is 0 Å². The van der Waals surface area contributed by atoms with Gasteiger partial charge in [0.15, 0.2) is 5.69 Å². The monoisotopic (exact) mass is 198 g/mol. The number of carboxylic acid groups (broad SMARTS) is 1. The van der Waals surface area contributed by atoms with E-state index in [9.17, 15) is 4.79 Å². The van der Waals surface area contributed by atoms with E-state index in [-0.39, 0.29) is 16.8 Å². The number of nitrogens with zero attached hydrogens (tertiary/aromatic N) is 2. The van der Waals surface area contributed by atoms with E-state index < -0.39 is 5.97 Å². The van der Waals surface area contributed by atoms with E-state index in [0.29, 0.717) is 5.56 Å². The predicted octanol–water partition coefficient (Wildman–Crippen LogP) is 1.71. The van der Waals surface area contributed by atoms with Gasteiger partial charge >= 0.3 is 5.97 Å². The lowest BCUT2D eigenvalue weighted by Gasteiger charge is -2.03. The van der Waals surface area contributed by atoms with Crippen molar-refractivity contribution < 1.29 is 9.90 Å². The molecule has 0 saturated heterocycles. The Morgan fingerprint density at radius 2 is 2.23 bits per heavy atom. The van der Waals surface area contributed by atoms with E-state index in [1.807, 2.05) is 0 Å². The van der Waals surface area contributed by atoms with Crippen LogP contribution in [0.25, 0.3) is 0 Å². The average molecular weight is 199 g/mol. The van der Waals surface area contributed by atoms with Crippen molar-refractivity contribution >= 4 is 17.6 Å². The second kappa shape index (κ2) is 2.96. The fraction of sp³-hybridized carbons (Fsp3) is 0.375. The van der Waals surface area contributed by atoms with Gasteiger partial charge in [-0.2, -0.15) is 0 Å². The molecule has 1 aromatic heterocycles. The number of carboxylic acids is 1. The highest BCUT2D eigenvalue weighted by Crippen LogP contribution is 2.43. The number of aromatic carboxylic acids is 1. The zero-order chi connectivity index (χ0) is 9.42. The first-order chi connectivity index (χ1) is 6.20. The van der Waals surface area contributed by atoms with Crippen molar-refractivity contribution in [3.05, 3.63) is 22.7 Å². The van der Waals surface area contributed by atoms with Crippen molar-refractivity contribution in [1.29, 1.82) is 0 Å². The third kappa shape index (κ3) is 1.49. The predicted molar refractivity (Wildman–Crippen MR) is 46.0 cm³/mol. The molecule has 0 aromatic carbocycles. The van der Waals surface area contributed by atoms with E-state index in [1.54, 1.807) is 0 Å². The van der Waals surface area contributed by atoms with Gasteiger partial charge in [0.05, 0.1) is 0 Å². The molecule has 1 saturated carbocycles. The van der Waals surface area contributed by atoms with Crippen molar-refractivity contribution in [3.63, 3.8) is 0 Å². The molecule has 0 radical (unpaired) electrons. The molecular formula is C8H7ClN2O2. The summed E-state index contributed by atoms with van der Waals surface area (Å²) < 4.78 is 0. The molecule has 1 aliphatic rings. The van der Waals surface area contributed by atoms with Gasteiger partial charge in [-0.1, -0.05) is 11.6 Å². The van der Waals surface area contributed by atoms with Gasteiger partial charge in [-0.3, -0.25) is 0 Å². The van der Waals surface area contributed by atoms with Gasteiger partial charge in [0, 0.05) is 5.56 Å². The molecule has 1 aliphatic carbocycles. The summed E-state index contributed by atoms with van der Waals surface area (Å²) in [6.45, 7) is 0. The minimum absolute atomic E-state index is 0.0440. The standard InChI is InChI=1S/C8H7ClN2O2/c9-7-5(4-1-2-4)6(8(12)13)10-3-11-7/h3-4H,1-2H2,(H,12,13). The summed E-state index contributed by atoms with van der Waals surface area (Å²) in [5, 5.41) is 9.09. The van der Waals surface area contributed by atoms with Gasteiger partial charge in [0.25, 0.3) is 0 Å². The van der Waals surface area contributed by atoms with Crippen LogP contribution in [0.5, 0.6) is 0 Å². The third-order valence-electron chi connectivity index (χ3n) is 2.02. The molecule has 0 atom stereocenters. The quantitative estimate of drug-likeness (QED) is 0.735. The highest BCUT2D eigenvalue weighted by molar-refractivity contribution is 6.30. The lowest BCUT2D eigenvalue weighted by Crippen LogP contribution is -2.06. The van der Waals surface area contributed by atoms with Crippen LogP contribution in [-0.4, -0.2) is 21.0 Å².